The van der Waals surface area contributed by atoms with E-state index < -0.39 is 0 Å². The maximum Gasteiger partial charge on any atom is 0.161 e. The van der Waals surface area contributed by atoms with Crippen molar-refractivity contribution in [3.63, 3.8) is 0 Å². The zero-order chi connectivity index (χ0) is 13.8. The molecule has 0 amide bonds. The summed E-state index contributed by atoms with van der Waals surface area (Å²) in [6, 6.07) is 4.05. The number of benzene rings is 1. The summed E-state index contributed by atoms with van der Waals surface area (Å²) in [5.74, 6) is 1.50. The van der Waals surface area contributed by atoms with Crippen molar-refractivity contribution in [1.29, 1.82) is 0 Å². The summed E-state index contributed by atoms with van der Waals surface area (Å²) in [6.07, 6.45) is 0. The van der Waals surface area contributed by atoms with Crippen LogP contribution in [0.25, 0.3) is 11.1 Å². The highest BCUT2D eigenvalue weighted by molar-refractivity contribution is 9.10. The van der Waals surface area contributed by atoms with E-state index in [9.17, 15) is 0 Å². The van der Waals surface area contributed by atoms with Crippen molar-refractivity contribution in [1.82, 2.24) is 5.32 Å². The predicted octanol–water partition coefficient (Wildman–Crippen LogP) is 3.91. The molecule has 3 nitrogen and oxygen atoms in total. The van der Waals surface area contributed by atoms with E-state index in [1.54, 1.807) is 25.6 Å². The summed E-state index contributed by atoms with van der Waals surface area (Å²) >= 11 is 5.26. The number of nitrogens with one attached hydrogen (secondary N) is 1. The molecule has 0 radical (unpaired) electrons. The monoisotopic (exact) mass is 341 g/mol. The van der Waals surface area contributed by atoms with Gasteiger partial charge in [0.1, 0.15) is 0 Å². The Bertz CT molecular complexity index is 569. The predicted molar refractivity (Wildman–Crippen MR) is 83.3 cm³/mol. The van der Waals surface area contributed by atoms with Gasteiger partial charge in [-0.25, -0.2) is 0 Å². The van der Waals surface area contributed by atoms with Gasteiger partial charge >= 0.3 is 0 Å². The molecular weight excluding hydrogens is 326 g/mol. The normalized spacial score (nSPS) is 10.5. The Morgan fingerprint density at radius 1 is 1.11 bits per heavy atom. The molecule has 0 aliphatic carbocycles. The van der Waals surface area contributed by atoms with Gasteiger partial charge in [0.2, 0.25) is 0 Å². The Morgan fingerprint density at radius 2 is 1.79 bits per heavy atom. The third-order valence-electron chi connectivity index (χ3n) is 2.88. The molecule has 5 heteroatoms. The maximum absolute atomic E-state index is 5.39. The van der Waals surface area contributed by atoms with E-state index in [4.69, 9.17) is 9.47 Å². The van der Waals surface area contributed by atoms with Crippen LogP contribution in [-0.4, -0.2) is 21.3 Å². The average Bonchev–Trinajstić information content (AvgIpc) is 2.84. The van der Waals surface area contributed by atoms with Crippen molar-refractivity contribution < 1.29 is 9.47 Å². The van der Waals surface area contributed by atoms with E-state index in [0.717, 1.165) is 28.1 Å². The molecular formula is C14H16BrNO2S. The van der Waals surface area contributed by atoms with Crippen LogP contribution in [0.4, 0.5) is 0 Å². The Labute approximate surface area is 125 Å². The first kappa shape index (κ1) is 14.4. The Hall–Kier alpha value is -1.04. The van der Waals surface area contributed by atoms with Crippen LogP contribution >= 0.6 is 27.3 Å². The Balaban J connectivity index is 2.60. The van der Waals surface area contributed by atoms with Crippen molar-refractivity contribution >= 4 is 27.3 Å². The number of methoxy groups -OCH3 is 2. The lowest BCUT2D eigenvalue weighted by molar-refractivity contribution is 0.354. The second-order valence-corrected chi connectivity index (χ2v) is 5.63. The van der Waals surface area contributed by atoms with Gasteiger partial charge < -0.3 is 14.8 Å². The van der Waals surface area contributed by atoms with Gasteiger partial charge in [-0.05, 0) is 51.6 Å². The lowest BCUT2D eigenvalue weighted by atomic mass is 10.0. The van der Waals surface area contributed by atoms with E-state index in [1.807, 2.05) is 19.2 Å². The number of hydrogen-bond donors (Lipinski definition) is 1. The minimum absolute atomic E-state index is 0.746. The highest BCUT2D eigenvalue weighted by Crippen LogP contribution is 2.39. The van der Waals surface area contributed by atoms with E-state index in [-0.39, 0.29) is 0 Å². The van der Waals surface area contributed by atoms with Crippen LogP contribution in [0.15, 0.2) is 27.4 Å². The highest BCUT2D eigenvalue weighted by atomic mass is 79.9. The maximum atomic E-state index is 5.39. The summed E-state index contributed by atoms with van der Waals surface area (Å²) in [4.78, 5) is 0. The molecule has 1 aromatic carbocycles. The molecule has 0 atom stereocenters. The number of rotatable bonds is 5. The third-order valence-corrected chi connectivity index (χ3v) is 4.58. The second-order valence-electron chi connectivity index (χ2n) is 4.03. The molecule has 0 aliphatic heterocycles. The van der Waals surface area contributed by atoms with E-state index >= 15 is 0 Å². The van der Waals surface area contributed by atoms with Gasteiger partial charge in [-0.2, -0.15) is 11.3 Å². The van der Waals surface area contributed by atoms with Crippen LogP contribution in [0.2, 0.25) is 0 Å². The van der Waals surface area contributed by atoms with Gasteiger partial charge in [-0.1, -0.05) is 0 Å². The molecule has 0 bridgehead atoms. The summed E-state index contributed by atoms with van der Waals surface area (Å²) in [7, 11) is 5.24. The zero-order valence-electron chi connectivity index (χ0n) is 11.1. The average molecular weight is 342 g/mol. The van der Waals surface area contributed by atoms with Crippen LogP contribution in [0.3, 0.4) is 0 Å². The van der Waals surface area contributed by atoms with Crippen molar-refractivity contribution in [2.75, 3.05) is 21.3 Å². The van der Waals surface area contributed by atoms with Gasteiger partial charge in [0.05, 0.1) is 14.2 Å². The van der Waals surface area contributed by atoms with Gasteiger partial charge in [-0.3, -0.25) is 0 Å². The van der Waals surface area contributed by atoms with Crippen LogP contribution < -0.4 is 14.8 Å². The number of halogens is 1. The molecule has 0 aliphatic rings. The molecule has 0 spiro atoms. The van der Waals surface area contributed by atoms with Gasteiger partial charge in [0.15, 0.2) is 11.5 Å². The first-order valence-electron chi connectivity index (χ1n) is 5.82. The molecule has 1 N–H and O–H groups in total. The quantitative estimate of drug-likeness (QED) is 0.894. The topological polar surface area (TPSA) is 30.5 Å². The molecule has 0 saturated carbocycles. The van der Waals surface area contributed by atoms with E-state index in [1.165, 1.54) is 11.1 Å². The third kappa shape index (κ3) is 2.94. The Kier molecular flexibility index (Phi) is 4.85. The minimum atomic E-state index is 0.746. The second kappa shape index (κ2) is 6.41. The van der Waals surface area contributed by atoms with Crippen molar-refractivity contribution in [2.45, 2.75) is 6.54 Å². The molecule has 102 valence electrons. The van der Waals surface area contributed by atoms with Crippen molar-refractivity contribution in [3.05, 3.63) is 32.9 Å². The fraction of sp³-hybridized carbons (Fsp3) is 0.286. The minimum Gasteiger partial charge on any atom is -0.493 e. The first-order chi connectivity index (χ1) is 9.21. The molecule has 19 heavy (non-hydrogen) atoms. The number of ether oxygens (including phenoxy) is 2. The number of thiophene rings is 1. The molecule has 2 rings (SSSR count). The van der Waals surface area contributed by atoms with Crippen LogP contribution in [0.1, 0.15) is 5.56 Å². The van der Waals surface area contributed by atoms with Gasteiger partial charge in [0.25, 0.3) is 0 Å². The molecule has 2 aromatic rings. The van der Waals surface area contributed by atoms with E-state index in [2.05, 4.69) is 32.0 Å². The van der Waals surface area contributed by atoms with Crippen LogP contribution in [0, 0.1) is 0 Å². The summed E-state index contributed by atoms with van der Waals surface area (Å²) < 4.78 is 11.9. The summed E-state index contributed by atoms with van der Waals surface area (Å²) in [5.41, 5.74) is 3.51. The molecule has 1 heterocycles. The summed E-state index contributed by atoms with van der Waals surface area (Å²) in [5, 5.41) is 7.39. The van der Waals surface area contributed by atoms with Crippen LogP contribution in [0.5, 0.6) is 11.5 Å². The lowest BCUT2D eigenvalue weighted by Crippen LogP contribution is -2.07. The molecule has 1 aromatic heterocycles. The zero-order valence-corrected chi connectivity index (χ0v) is 13.5. The molecule has 0 unspecified atom stereocenters. The SMILES string of the molecule is CNCc1cc(OC)c(OC)cc1-c1cscc1Br. The van der Waals surface area contributed by atoms with Gasteiger partial charge in [0, 0.05) is 22.0 Å². The smallest absolute Gasteiger partial charge is 0.161 e. The fourth-order valence-corrected chi connectivity index (χ4v) is 3.49. The number of hydrogen-bond acceptors (Lipinski definition) is 4. The lowest BCUT2D eigenvalue weighted by Gasteiger charge is -2.14. The summed E-state index contributed by atoms with van der Waals surface area (Å²) in [6.45, 7) is 0.776. The van der Waals surface area contributed by atoms with E-state index in [0.29, 0.717) is 0 Å². The Morgan fingerprint density at radius 3 is 2.32 bits per heavy atom. The first-order valence-corrected chi connectivity index (χ1v) is 7.56. The van der Waals surface area contributed by atoms with Crippen LogP contribution in [-0.2, 0) is 6.54 Å². The largest absolute Gasteiger partial charge is 0.493 e. The molecule has 0 fully saturated rings. The molecule has 0 saturated heterocycles. The van der Waals surface area contributed by atoms with Crippen molar-refractivity contribution in [3.8, 4) is 22.6 Å². The fourth-order valence-electron chi connectivity index (χ4n) is 1.98. The standard InChI is InChI=1S/C14H16BrNO2S/c1-16-6-9-4-13(17-2)14(18-3)5-10(9)11-7-19-8-12(11)15/h4-5,7-8,16H,6H2,1-3H3. The van der Waals surface area contributed by atoms with Gasteiger partial charge in [-0.15, -0.1) is 0 Å². The highest BCUT2D eigenvalue weighted by Gasteiger charge is 2.14. The van der Waals surface area contributed by atoms with Crippen molar-refractivity contribution in [2.24, 2.45) is 0 Å².